The van der Waals surface area contributed by atoms with E-state index < -0.39 is 0 Å². The first kappa shape index (κ1) is 13.5. The minimum atomic E-state index is -0.232. The molecule has 0 saturated heterocycles. The van der Waals surface area contributed by atoms with Crippen LogP contribution in [0.4, 0.5) is 5.69 Å². The second kappa shape index (κ2) is 5.68. The summed E-state index contributed by atoms with van der Waals surface area (Å²) in [6.45, 7) is 5.72. The van der Waals surface area contributed by atoms with Crippen LogP contribution in [0.15, 0.2) is 18.2 Å². The molecule has 0 radical (unpaired) electrons. The summed E-state index contributed by atoms with van der Waals surface area (Å²) in [6.07, 6.45) is 0. The highest BCUT2D eigenvalue weighted by molar-refractivity contribution is 5.95. The maximum atomic E-state index is 11.9. The second-order valence-corrected chi connectivity index (χ2v) is 4.64. The van der Waals surface area contributed by atoms with Crippen LogP contribution in [0.3, 0.4) is 0 Å². The minimum absolute atomic E-state index is 0.0648. The summed E-state index contributed by atoms with van der Waals surface area (Å²) in [4.78, 5) is 11.9. The second-order valence-electron chi connectivity index (χ2n) is 4.64. The van der Waals surface area contributed by atoms with Gasteiger partial charge < -0.3 is 16.2 Å². The molecular weight excluding hydrogens is 216 g/mol. The number of aliphatic hydroxyl groups is 1. The van der Waals surface area contributed by atoms with E-state index in [1.54, 1.807) is 12.1 Å². The molecule has 4 heteroatoms. The van der Waals surface area contributed by atoms with E-state index in [1.165, 1.54) is 0 Å². The highest BCUT2D eigenvalue weighted by atomic mass is 16.3. The van der Waals surface area contributed by atoms with Gasteiger partial charge >= 0.3 is 0 Å². The van der Waals surface area contributed by atoms with Gasteiger partial charge in [-0.1, -0.05) is 13.8 Å². The molecule has 4 nitrogen and oxygen atoms in total. The van der Waals surface area contributed by atoms with E-state index in [0.29, 0.717) is 11.3 Å². The molecule has 1 aromatic rings. The predicted octanol–water partition coefficient (Wildman–Crippen LogP) is 1.32. The number of hydrogen-bond acceptors (Lipinski definition) is 3. The molecule has 1 amide bonds. The van der Waals surface area contributed by atoms with Crippen LogP contribution in [0.2, 0.25) is 0 Å². The third-order valence-corrected chi connectivity index (χ3v) is 2.68. The van der Waals surface area contributed by atoms with E-state index in [1.807, 2.05) is 26.8 Å². The van der Waals surface area contributed by atoms with Gasteiger partial charge in [0.25, 0.3) is 5.91 Å². The Bertz CT molecular complexity index is 382. The summed E-state index contributed by atoms with van der Waals surface area (Å²) < 4.78 is 0. The van der Waals surface area contributed by atoms with E-state index in [2.05, 4.69) is 5.32 Å². The lowest BCUT2D eigenvalue weighted by Crippen LogP contribution is -2.41. The molecule has 0 aliphatic rings. The van der Waals surface area contributed by atoms with E-state index in [-0.39, 0.29) is 24.5 Å². The Morgan fingerprint density at radius 2 is 2.06 bits per heavy atom. The van der Waals surface area contributed by atoms with Gasteiger partial charge in [0.2, 0.25) is 0 Å². The Kier molecular flexibility index (Phi) is 4.52. The standard InChI is InChI=1S/C13H20N2O2/c1-8(2)12(7-16)15-13(17)10-4-9(3)5-11(14)6-10/h4-6,8,12,16H,7,14H2,1-3H3,(H,15,17)/t12-/m1/s1. The van der Waals surface area contributed by atoms with Gasteiger partial charge in [-0.3, -0.25) is 4.79 Å². The van der Waals surface area contributed by atoms with Crippen molar-refractivity contribution in [3.05, 3.63) is 29.3 Å². The molecule has 0 aliphatic heterocycles. The number of aliphatic hydroxyl groups excluding tert-OH is 1. The summed E-state index contributed by atoms with van der Waals surface area (Å²) in [7, 11) is 0. The number of carbonyl (C=O) groups excluding carboxylic acids is 1. The number of carbonyl (C=O) groups is 1. The van der Waals surface area contributed by atoms with Crippen LogP contribution in [0.1, 0.15) is 29.8 Å². The molecule has 0 bridgehead atoms. The largest absolute Gasteiger partial charge is 0.399 e. The van der Waals surface area contributed by atoms with Crippen LogP contribution in [-0.4, -0.2) is 23.7 Å². The lowest BCUT2D eigenvalue weighted by Gasteiger charge is -2.20. The molecule has 0 heterocycles. The SMILES string of the molecule is Cc1cc(N)cc(C(=O)N[C@H](CO)C(C)C)c1. The van der Waals surface area contributed by atoms with Gasteiger partial charge in [0.1, 0.15) is 0 Å². The molecule has 4 N–H and O–H groups in total. The summed E-state index contributed by atoms with van der Waals surface area (Å²) in [5.74, 6) is -0.0146. The van der Waals surface area contributed by atoms with Gasteiger partial charge in [0, 0.05) is 11.3 Å². The quantitative estimate of drug-likeness (QED) is 0.690. The van der Waals surface area contributed by atoms with Crippen LogP contribution < -0.4 is 11.1 Å². The van der Waals surface area contributed by atoms with Crippen LogP contribution in [-0.2, 0) is 0 Å². The van der Waals surface area contributed by atoms with Crippen molar-refractivity contribution in [2.45, 2.75) is 26.8 Å². The summed E-state index contributed by atoms with van der Waals surface area (Å²) in [5.41, 5.74) is 7.73. The molecule has 0 spiro atoms. The molecule has 0 saturated carbocycles. The maximum Gasteiger partial charge on any atom is 0.251 e. The van der Waals surface area contributed by atoms with Crippen LogP contribution in [0.25, 0.3) is 0 Å². The fourth-order valence-corrected chi connectivity index (χ4v) is 1.62. The number of anilines is 1. The fraction of sp³-hybridized carbons (Fsp3) is 0.462. The zero-order valence-electron chi connectivity index (χ0n) is 10.5. The average Bonchev–Trinajstić information content (AvgIpc) is 2.23. The molecule has 0 aromatic heterocycles. The summed E-state index contributed by atoms with van der Waals surface area (Å²) in [5, 5.41) is 12.0. The average molecular weight is 236 g/mol. The van der Waals surface area contributed by atoms with Gasteiger partial charge in [0.15, 0.2) is 0 Å². The molecule has 1 atom stereocenters. The number of hydrogen-bond donors (Lipinski definition) is 3. The Balaban J connectivity index is 2.82. The van der Waals surface area contributed by atoms with Crippen molar-refractivity contribution in [1.29, 1.82) is 0 Å². The number of amides is 1. The minimum Gasteiger partial charge on any atom is -0.399 e. The van der Waals surface area contributed by atoms with Crippen molar-refractivity contribution in [3.63, 3.8) is 0 Å². The fourth-order valence-electron chi connectivity index (χ4n) is 1.62. The third kappa shape index (κ3) is 3.75. The Morgan fingerprint density at radius 1 is 1.41 bits per heavy atom. The molecule has 17 heavy (non-hydrogen) atoms. The van der Waals surface area contributed by atoms with Crippen molar-refractivity contribution < 1.29 is 9.90 Å². The van der Waals surface area contributed by atoms with Gasteiger partial charge in [-0.25, -0.2) is 0 Å². The van der Waals surface area contributed by atoms with Crippen molar-refractivity contribution in [3.8, 4) is 0 Å². The van der Waals surface area contributed by atoms with Crippen LogP contribution in [0.5, 0.6) is 0 Å². The van der Waals surface area contributed by atoms with E-state index in [9.17, 15) is 4.79 Å². The molecule has 94 valence electrons. The molecule has 0 unspecified atom stereocenters. The number of aryl methyl sites for hydroxylation is 1. The smallest absolute Gasteiger partial charge is 0.251 e. The van der Waals surface area contributed by atoms with Crippen LogP contribution >= 0.6 is 0 Å². The van der Waals surface area contributed by atoms with Crippen molar-refractivity contribution in [1.82, 2.24) is 5.32 Å². The molecular formula is C13H20N2O2. The maximum absolute atomic E-state index is 11.9. The number of benzene rings is 1. The number of rotatable bonds is 4. The Hall–Kier alpha value is -1.55. The molecule has 0 aliphatic carbocycles. The third-order valence-electron chi connectivity index (χ3n) is 2.68. The first-order valence-electron chi connectivity index (χ1n) is 5.73. The van der Waals surface area contributed by atoms with Gasteiger partial charge in [0.05, 0.1) is 12.6 Å². The van der Waals surface area contributed by atoms with Crippen molar-refractivity contribution >= 4 is 11.6 Å². The highest BCUT2D eigenvalue weighted by Crippen LogP contribution is 2.12. The van der Waals surface area contributed by atoms with Crippen LogP contribution in [0, 0.1) is 12.8 Å². The lowest BCUT2D eigenvalue weighted by molar-refractivity contribution is 0.0897. The molecule has 0 fully saturated rings. The monoisotopic (exact) mass is 236 g/mol. The van der Waals surface area contributed by atoms with Gasteiger partial charge in [-0.15, -0.1) is 0 Å². The van der Waals surface area contributed by atoms with E-state index >= 15 is 0 Å². The molecule has 1 aromatic carbocycles. The van der Waals surface area contributed by atoms with Crippen molar-refractivity contribution in [2.24, 2.45) is 5.92 Å². The summed E-state index contributed by atoms with van der Waals surface area (Å²) >= 11 is 0. The topological polar surface area (TPSA) is 75.4 Å². The number of nitrogens with two attached hydrogens (primary N) is 1. The summed E-state index contributed by atoms with van der Waals surface area (Å²) in [6, 6.07) is 4.99. The van der Waals surface area contributed by atoms with Gasteiger partial charge in [-0.05, 0) is 36.6 Å². The normalized spacial score (nSPS) is 12.5. The first-order chi connectivity index (χ1) is 7.93. The van der Waals surface area contributed by atoms with Gasteiger partial charge in [-0.2, -0.15) is 0 Å². The number of nitrogens with one attached hydrogen (secondary N) is 1. The predicted molar refractivity (Wildman–Crippen MR) is 68.8 cm³/mol. The Labute approximate surface area is 102 Å². The zero-order valence-corrected chi connectivity index (χ0v) is 10.5. The van der Waals surface area contributed by atoms with E-state index in [4.69, 9.17) is 10.8 Å². The highest BCUT2D eigenvalue weighted by Gasteiger charge is 2.16. The Morgan fingerprint density at radius 3 is 2.53 bits per heavy atom. The first-order valence-corrected chi connectivity index (χ1v) is 5.73. The number of nitrogen functional groups attached to an aromatic ring is 1. The zero-order chi connectivity index (χ0) is 13.0. The van der Waals surface area contributed by atoms with Crippen molar-refractivity contribution in [2.75, 3.05) is 12.3 Å². The lowest BCUT2D eigenvalue weighted by atomic mass is 10.0. The van der Waals surface area contributed by atoms with E-state index in [0.717, 1.165) is 5.56 Å². The molecule has 1 rings (SSSR count).